The van der Waals surface area contributed by atoms with E-state index in [0.29, 0.717) is 24.5 Å². The van der Waals surface area contributed by atoms with Gasteiger partial charge in [0.25, 0.3) is 0 Å². The Hall–Kier alpha value is -1.60. The van der Waals surface area contributed by atoms with Gasteiger partial charge in [-0.3, -0.25) is 0 Å². The van der Waals surface area contributed by atoms with Crippen molar-refractivity contribution in [1.29, 1.82) is 0 Å². The predicted octanol–water partition coefficient (Wildman–Crippen LogP) is 2.17. The quantitative estimate of drug-likeness (QED) is 0.775. The Labute approximate surface area is 131 Å². The molecule has 122 valence electrons. The smallest absolute Gasteiger partial charge is 0.341 e. The lowest BCUT2D eigenvalue weighted by molar-refractivity contribution is 0.0521. The molecule has 1 aliphatic heterocycles. The van der Waals surface area contributed by atoms with Crippen molar-refractivity contribution in [3.8, 4) is 5.75 Å². The van der Waals surface area contributed by atoms with E-state index in [4.69, 9.17) is 9.47 Å². The maximum absolute atomic E-state index is 12.6. The van der Waals surface area contributed by atoms with Crippen molar-refractivity contribution in [1.82, 2.24) is 4.31 Å². The van der Waals surface area contributed by atoms with E-state index in [-0.39, 0.29) is 23.1 Å². The van der Waals surface area contributed by atoms with Crippen LogP contribution in [0.5, 0.6) is 5.75 Å². The Bertz CT molecular complexity index is 681. The lowest BCUT2D eigenvalue weighted by atomic mass is 10.1. The molecule has 1 heterocycles. The highest BCUT2D eigenvalue weighted by Crippen LogP contribution is 2.36. The number of nitrogens with zero attached hydrogens (tertiary/aromatic N) is 1. The number of hydrogen-bond donors (Lipinski definition) is 0. The summed E-state index contributed by atoms with van der Waals surface area (Å²) >= 11 is 0. The second kappa shape index (κ2) is 6.26. The van der Waals surface area contributed by atoms with Crippen LogP contribution in [-0.2, 0) is 21.3 Å². The van der Waals surface area contributed by atoms with Gasteiger partial charge < -0.3 is 9.47 Å². The normalized spacial score (nSPS) is 16.6. The van der Waals surface area contributed by atoms with Gasteiger partial charge in [0.2, 0.25) is 10.0 Å². The van der Waals surface area contributed by atoms with Crippen LogP contribution in [0.15, 0.2) is 17.0 Å². The number of esters is 1. The third-order valence-corrected chi connectivity index (χ3v) is 5.55. The number of rotatable bonds is 5. The molecule has 22 heavy (non-hydrogen) atoms. The summed E-state index contributed by atoms with van der Waals surface area (Å²) in [6.07, 6.45) is 0. The predicted molar refractivity (Wildman–Crippen MR) is 81.4 cm³/mol. The van der Waals surface area contributed by atoms with Crippen molar-refractivity contribution >= 4 is 16.0 Å². The highest BCUT2D eigenvalue weighted by molar-refractivity contribution is 7.89. The van der Waals surface area contributed by atoms with E-state index in [1.807, 2.05) is 13.8 Å². The first-order chi connectivity index (χ1) is 10.3. The molecular formula is C15H21NO5S. The fourth-order valence-electron chi connectivity index (χ4n) is 2.45. The molecule has 0 atom stereocenters. The first-order valence-corrected chi connectivity index (χ1v) is 8.75. The monoisotopic (exact) mass is 327 g/mol. The summed E-state index contributed by atoms with van der Waals surface area (Å²) in [5.41, 5.74) is 0.793. The van der Waals surface area contributed by atoms with Gasteiger partial charge in [0.15, 0.2) is 0 Å². The number of benzene rings is 1. The molecule has 0 aromatic heterocycles. The van der Waals surface area contributed by atoms with Gasteiger partial charge in [-0.25, -0.2) is 13.2 Å². The van der Waals surface area contributed by atoms with Crippen LogP contribution in [0.1, 0.15) is 43.6 Å². The van der Waals surface area contributed by atoms with Crippen LogP contribution < -0.4 is 4.74 Å². The Balaban J connectivity index is 2.57. The van der Waals surface area contributed by atoms with Crippen LogP contribution in [0.25, 0.3) is 0 Å². The highest BCUT2D eigenvalue weighted by Gasteiger charge is 2.38. The number of carbonyl (C=O) groups excluding carboxylic acids is 1. The molecule has 7 heteroatoms. The average molecular weight is 327 g/mol. The van der Waals surface area contributed by atoms with Crippen molar-refractivity contribution in [3.05, 3.63) is 23.3 Å². The van der Waals surface area contributed by atoms with Crippen molar-refractivity contribution < 1.29 is 22.7 Å². The van der Waals surface area contributed by atoms with Crippen molar-refractivity contribution in [2.45, 2.75) is 45.2 Å². The van der Waals surface area contributed by atoms with Crippen molar-refractivity contribution in [2.75, 3.05) is 13.2 Å². The fourth-order valence-corrected chi connectivity index (χ4v) is 4.29. The molecule has 0 radical (unpaired) electrons. The van der Waals surface area contributed by atoms with E-state index >= 15 is 0 Å². The molecule has 0 saturated heterocycles. The van der Waals surface area contributed by atoms with E-state index in [2.05, 4.69) is 0 Å². The maximum atomic E-state index is 12.6. The van der Waals surface area contributed by atoms with Gasteiger partial charge in [0.1, 0.15) is 11.3 Å². The summed E-state index contributed by atoms with van der Waals surface area (Å²) in [5.74, 6) is -0.215. The standard InChI is InChI=1S/C15H21NO5S/c1-5-20-13-7-11-9-16(10(3)4)22(18,19)14(11)8-12(13)15(17)21-6-2/h7-8,10H,5-6,9H2,1-4H3. The van der Waals surface area contributed by atoms with E-state index in [1.165, 1.54) is 10.4 Å². The molecular weight excluding hydrogens is 306 g/mol. The zero-order valence-electron chi connectivity index (χ0n) is 13.3. The number of fused-ring (bicyclic) bond motifs is 1. The Kier molecular flexibility index (Phi) is 4.77. The lowest BCUT2D eigenvalue weighted by Crippen LogP contribution is -2.31. The van der Waals surface area contributed by atoms with Crippen molar-refractivity contribution in [2.24, 2.45) is 0 Å². The number of carbonyl (C=O) groups is 1. The zero-order valence-corrected chi connectivity index (χ0v) is 14.1. The first kappa shape index (κ1) is 16.8. The SMILES string of the molecule is CCOC(=O)c1cc2c(cc1OCC)CN(C(C)C)S2(=O)=O. The van der Waals surface area contributed by atoms with Gasteiger partial charge in [-0.1, -0.05) is 0 Å². The van der Waals surface area contributed by atoms with Gasteiger partial charge in [-0.05, 0) is 45.4 Å². The van der Waals surface area contributed by atoms with Crippen LogP contribution in [0, 0.1) is 0 Å². The topological polar surface area (TPSA) is 72.9 Å². The molecule has 1 aromatic carbocycles. The zero-order chi connectivity index (χ0) is 16.5. The molecule has 0 bridgehead atoms. The number of hydrogen-bond acceptors (Lipinski definition) is 5. The molecule has 0 spiro atoms. The molecule has 1 aromatic rings. The number of sulfonamides is 1. The van der Waals surface area contributed by atoms with Gasteiger partial charge in [-0.15, -0.1) is 0 Å². The van der Waals surface area contributed by atoms with E-state index in [1.54, 1.807) is 19.9 Å². The molecule has 2 rings (SSSR count). The summed E-state index contributed by atoms with van der Waals surface area (Å²) in [6, 6.07) is 2.85. The summed E-state index contributed by atoms with van der Waals surface area (Å²) < 4.78 is 37.0. The van der Waals surface area contributed by atoms with Crippen LogP contribution in [0.4, 0.5) is 0 Å². The molecule has 0 N–H and O–H groups in total. The fraction of sp³-hybridized carbons (Fsp3) is 0.533. The summed E-state index contributed by atoms with van der Waals surface area (Å²) in [4.78, 5) is 12.2. The van der Waals surface area contributed by atoms with Crippen molar-refractivity contribution in [3.63, 3.8) is 0 Å². The minimum atomic E-state index is -3.58. The molecule has 0 fully saturated rings. The molecule has 0 unspecified atom stereocenters. The first-order valence-electron chi connectivity index (χ1n) is 7.31. The highest BCUT2D eigenvalue weighted by atomic mass is 32.2. The third-order valence-electron chi connectivity index (χ3n) is 3.45. The van der Waals surface area contributed by atoms with Gasteiger partial charge >= 0.3 is 5.97 Å². The lowest BCUT2D eigenvalue weighted by Gasteiger charge is -2.18. The van der Waals surface area contributed by atoms with Crippen LogP contribution in [0.2, 0.25) is 0 Å². The van der Waals surface area contributed by atoms with Gasteiger partial charge in [0.05, 0.1) is 18.1 Å². The Morgan fingerprint density at radius 3 is 2.50 bits per heavy atom. The van der Waals surface area contributed by atoms with E-state index in [0.717, 1.165) is 0 Å². The molecule has 6 nitrogen and oxygen atoms in total. The second-order valence-corrected chi connectivity index (χ2v) is 7.11. The average Bonchev–Trinajstić information content (AvgIpc) is 2.70. The van der Waals surface area contributed by atoms with Crippen LogP contribution in [-0.4, -0.2) is 37.9 Å². The largest absolute Gasteiger partial charge is 0.493 e. The summed E-state index contributed by atoms with van der Waals surface area (Å²) in [6.45, 7) is 8.02. The van der Waals surface area contributed by atoms with Gasteiger partial charge in [-0.2, -0.15) is 4.31 Å². The molecule has 1 aliphatic rings. The summed E-state index contributed by atoms with van der Waals surface area (Å²) in [7, 11) is -3.58. The maximum Gasteiger partial charge on any atom is 0.341 e. The second-order valence-electron chi connectivity index (χ2n) is 5.25. The third kappa shape index (κ3) is 2.83. The van der Waals surface area contributed by atoms with Crippen LogP contribution >= 0.6 is 0 Å². The van der Waals surface area contributed by atoms with E-state index < -0.39 is 16.0 Å². The minimum absolute atomic E-state index is 0.150. The summed E-state index contributed by atoms with van der Waals surface area (Å²) in [5, 5.41) is 0. The van der Waals surface area contributed by atoms with E-state index in [9.17, 15) is 13.2 Å². The van der Waals surface area contributed by atoms with Gasteiger partial charge in [0, 0.05) is 12.6 Å². The number of ether oxygens (including phenoxy) is 2. The molecule has 0 saturated carbocycles. The Morgan fingerprint density at radius 2 is 1.95 bits per heavy atom. The minimum Gasteiger partial charge on any atom is -0.493 e. The molecule has 0 amide bonds. The molecule has 0 aliphatic carbocycles. The van der Waals surface area contributed by atoms with Crippen LogP contribution in [0.3, 0.4) is 0 Å². The Morgan fingerprint density at radius 1 is 1.27 bits per heavy atom.